The number of ether oxygens (including phenoxy) is 1. The minimum atomic E-state index is -4.25. The van der Waals surface area contributed by atoms with Crippen molar-refractivity contribution < 1.29 is 26.7 Å². The molecule has 1 aliphatic heterocycles. The summed E-state index contributed by atoms with van der Waals surface area (Å²) in [5, 5.41) is 2.70. The van der Waals surface area contributed by atoms with Gasteiger partial charge in [0.25, 0.3) is 6.08 Å². The summed E-state index contributed by atoms with van der Waals surface area (Å²) in [5.41, 5.74) is 4.72. The molecule has 2 N–H and O–H groups in total. The van der Waals surface area contributed by atoms with Crippen LogP contribution in [-0.2, 0) is 23.1 Å². The molecule has 8 nitrogen and oxygen atoms in total. The van der Waals surface area contributed by atoms with Gasteiger partial charge >= 0.3 is 16.2 Å². The Bertz CT molecular complexity index is 1220. The Morgan fingerprint density at radius 3 is 2.66 bits per heavy atom. The Morgan fingerprint density at radius 1 is 1.22 bits per heavy atom. The molecular formula is C21H22F2N4O4S. The second-order valence-electron chi connectivity index (χ2n) is 7.71. The Balaban J connectivity index is 1.64. The number of hydrogen-bond acceptors (Lipinski definition) is 5. The standard InChI is InChI=1S/C21H22F2N4O4S/c1-12-8-13-4-3-5-16(13)19(18(12)14-6-7-24-17(9-14)31-2)25-21(28)26-32(29,30)27-10-15(11-27)20(22)23/h6-9H,3-5,10-11H2,1-2H3,(H2,25,26,28). The van der Waals surface area contributed by atoms with Crippen LogP contribution < -0.4 is 14.8 Å². The topological polar surface area (TPSA) is 101 Å². The first-order valence-electron chi connectivity index (χ1n) is 9.97. The lowest BCUT2D eigenvalue weighted by Gasteiger charge is -2.31. The van der Waals surface area contributed by atoms with Crippen LogP contribution in [0.15, 0.2) is 36.0 Å². The number of urea groups is 1. The number of benzene rings is 1. The van der Waals surface area contributed by atoms with E-state index in [4.69, 9.17) is 4.74 Å². The van der Waals surface area contributed by atoms with Gasteiger partial charge in [-0.15, -0.1) is 0 Å². The number of methoxy groups -OCH3 is 1. The lowest BCUT2D eigenvalue weighted by atomic mass is 9.93. The van der Waals surface area contributed by atoms with Gasteiger partial charge in [-0.05, 0) is 54.5 Å². The molecule has 32 heavy (non-hydrogen) atoms. The maximum atomic E-state index is 12.7. The van der Waals surface area contributed by atoms with Crippen LogP contribution in [0.1, 0.15) is 23.1 Å². The van der Waals surface area contributed by atoms with E-state index in [-0.39, 0.29) is 5.57 Å². The first-order valence-corrected chi connectivity index (χ1v) is 11.4. The number of pyridine rings is 1. The highest BCUT2D eigenvalue weighted by Crippen LogP contribution is 2.40. The van der Waals surface area contributed by atoms with Crippen molar-refractivity contribution >= 4 is 21.9 Å². The molecule has 4 rings (SSSR count). The summed E-state index contributed by atoms with van der Waals surface area (Å²) in [6, 6.07) is 4.64. The van der Waals surface area contributed by atoms with Gasteiger partial charge in [-0.1, -0.05) is 6.07 Å². The maximum Gasteiger partial charge on any atom is 0.333 e. The van der Waals surface area contributed by atoms with Crippen molar-refractivity contribution in [2.24, 2.45) is 0 Å². The van der Waals surface area contributed by atoms with E-state index in [1.807, 2.05) is 11.6 Å². The van der Waals surface area contributed by atoms with E-state index in [2.05, 4.69) is 16.4 Å². The Morgan fingerprint density at radius 2 is 1.97 bits per heavy atom. The molecule has 11 heteroatoms. The smallest absolute Gasteiger partial charge is 0.333 e. The third-order valence-corrected chi connectivity index (χ3v) is 7.01. The van der Waals surface area contributed by atoms with E-state index in [0.29, 0.717) is 11.6 Å². The van der Waals surface area contributed by atoms with Crippen molar-refractivity contribution in [2.45, 2.75) is 26.2 Å². The lowest BCUT2D eigenvalue weighted by molar-refractivity contribution is 0.255. The molecule has 0 atom stereocenters. The van der Waals surface area contributed by atoms with Gasteiger partial charge in [-0.25, -0.2) is 14.5 Å². The number of halogens is 2. The van der Waals surface area contributed by atoms with Crippen molar-refractivity contribution in [1.29, 1.82) is 0 Å². The van der Waals surface area contributed by atoms with Gasteiger partial charge in [0.1, 0.15) is 0 Å². The second kappa shape index (κ2) is 8.47. The van der Waals surface area contributed by atoms with Crippen molar-refractivity contribution in [1.82, 2.24) is 14.0 Å². The molecule has 2 aromatic rings. The summed E-state index contributed by atoms with van der Waals surface area (Å²) < 4.78 is 57.8. The van der Waals surface area contributed by atoms with Gasteiger partial charge in [-0.3, -0.25) is 0 Å². The average molecular weight is 464 g/mol. The number of fused-ring (bicyclic) bond motifs is 1. The molecule has 1 saturated heterocycles. The number of aryl methyl sites for hydroxylation is 2. The Labute approximate surface area is 184 Å². The minimum absolute atomic E-state index is 0.263. The molecule has 2 aliphatic rings. The molecule has 1 aliphatic carbocycles. The number of hydrogen-bond donors (Lipinski definition) is 2. The summed E-state index contributed by atoms with van der Waals surface area (Å²) in [6.45, 7) is 1.04. The molecular weight excluding hydrogens is 442 g/mol. The van der Waals surface area contributed by atoms with Gasteiger partial charge < -0.3 is 10.1 Å². The zero-order chi connectivity index (χ0) is 23.0. The molecule has 0 spiro atoms. The molecule has 0 radical (unpaired) electrons. The normalized spacial score (nSPS) is 15.7. The van der Waals surface area contributed by atoms with E-state index in [9.17, 15) is 22.0 Å². The van der Waals surface area contributed by atoms with Crippen LogP contribution in [-0.4, -0.2) is 43.9 Å². The van der Waals surface area contributed by atoms with E-state index in [1.165, 1.54) is 7.11 Å². The molecule has 2 amide bonds. The number of amides is 2. The molecule has 1 fully saturated rings. The summed E-state index contributed by atoms with van der Waals surface area (Å²) in [7, 11) is -2.74. The first-order chi connectivity index (χ1) is 15.2. The average Bonchev–Trinajstić information content (AvgIpc) is 3.14. The minimum Gasteiger partial charge on any atom is -0.481 e. The maximum absolute atomic E-state index is 12.7. The Hall–Kier alpha value is -3.05. The molecule has 0 bridgehead atoms. The van der Waals surface area contributed by atoms with Gasteiger partial charge in [0.05, 0.1) is 12.8 Å². The fraction of sp³-hybridized carbons (Fsp3) is 0.333. The Kier molecular flexibility index (Phi) is 5.87. The number of aromatic nitrogens is 1. The van der Waals surface area contributed by atoms with Gasteiger partial charge in [-0.2, -0.15) is 21.5 Å². The number of nitrogens with zero attached hydrogens (tertiary/aromatic N) is 2. The predicted octanol–water partition coefficient (Wildman–Crippen LogP) is 3.39. The van der Waals surface area contributed by atoms with Gasteiger partial charge in [0.15, 0.2) is 0 Å². The summed E-state index contributed by atoms with van der Waals surface area (Å²) in [4.78, 5) is 16.8. The zero-order valence-electron chi connectivity index (χ0n) is 17.5. The molecule has 0 saturated carbocycles. The van der Waals surface area contributed by atoms with Crippen molar-refractivity contribution in [2.75, 3.05) is 25.5 Å². The third-order valence-electron chi connectivity index (χ3n) is 5.63. The van der Waals surface area contributed by atoms with Crippen LogP contribution >= 0.6 is 0 Å². The van der Waals surface area contributed by atoms with E-state index < -0.39 is 35.4 Å². The van der Waals surface area contributed by atoms with Crippen LogP contribution in [0.25, 0.3) is 11.1 Å². The molecule has 0 unspecified atom stereocenters. The fourth-order valence-electron chi connectivity index (χ4n) is 4.07. The highest BCUT2D eigenvalue weighted by atomic mass is 32.2. The lowest BCUT2D eigenvalue weighted by Crippen LogP contribution is -2.52. The molecule has 170 valence electrons. The third kappa shape index (κ3) is 4.17. The van der Waals surface area contributed by atoms with Crippen LogP contribution in [0.4, 0.5) is 19.3 Å². The van der Waals surface area contributed by atoms with Gasteiger partial charge in [0.2, 0.25) is 5.88 Å². The number of nitrogens with one attached hydrogen (secondary N) is 2. The first kappa shape index (κ1) is 22.2. The summed E-state index contributed by atoms with van der Waals surface area (Å²) >= 11 is 0. The SMILES string of the molecule is COc1cc(-c2c(C)cc3c(c2NC(=O)NS(=O)(=O)N2CC(=C(F)F)C2)CCC3)ccn1. The highest BCUT2D eigenvalue weighted by molar-refractivity contribution is 7.87. The zero-order valence-corrected chi connectivity index (χ0v) is 18.4. The number of carbonyl (C=O) groups excluding carboxylic acids is 1. The number of anilines is 1. The molecule has 1 aromatic heterocycles. The van der Waals surface area contributed by atoms with Gasteiger partial charge in [0, 0.05) is 36.5 Å². The van der Waals surface area contributed by atoms with Crippen molar-refractivity contribution in [3.05, 3.63) is 52.7 Å². The van der Waals surface area contributed by atoms with Crippen molar-refractivity contribution in [3.63, 3.8) is 0 Å². The summed E-state index contributed by atoms with van der Waals surface area (Å²) in [5.74, 6) is 0.405. The number of carbonyl (C=O) groups is 1. The largest absolute Gasteiger partial charge is 0.481 e. The van der Waals surface area contributed by atoms with Crippen LogP contribution in [0.5, 0.6) is 5.88 Å². The number of rotatable bonds is 5. The highest BCUT2D eigenvalue weighted by Gasteiger charge is 2.35. The van der Waals surface area contributed by atoms with Crippen LogP contribution in [0, 0.1) is 6.92 Å². The monoisotopic (exact) mass is 464 g/mol. The molecule has 2 heterocycles. The van der Waals surface area contributed by atoms with E-state index in [0.717, 1.165) is 51.4 Å². The van der Waals surface area contributed by atoms with Crippen LogP contribution in [0.2, 0.25) is 0 Å². The predicted molar refractivity (Wildman–Crippen MR) is 115 cm³/mol. The summed E-state index contributed by atoms with van der Waals surface area (Å²) in [6.07, 6.45) is 2.22. The van der Waals surface area contributed by atoms with Crippen LogP contribution in [0.3, 0.4) is 0 Å². The van der Waals surface area contributed by atoms with Crippen molar-refractivity contribution in [3.8, 4) is 17.0 Å². The van der Waals surface area contributed by atoms with E-state index in [1.54, 1.807) is 18.3 Å². The van der Waals surface area contributed by atoms with E-state index >= 15 is 0 Å². The molecule has 1 aromatic carbocycles. The fourth-order valence-corrected chi connectivity index (χ4v) is 5.14. The second-order valence-corrected chi connectivity index (χ2v) is 9.39. The quantitative estimate of drug-likeness (QED) is 0.707.